The number of nitrogens with one attached hydrogen (secondary N) is 1. The summed E-state index contributed by atoms with van der Waals surface area (Å²) in [4.78, 5) is 11.9. The summed E-state index contributed by atoms with van der Waals surface area (Å²) in [5.41, 5.74) is 1.77. The Morgan fingerprint density at radius 2 is 2.05 bits per heavy atom. The molecule has 21 heavy (non-hydrogen) atoms. The first-order chi connectivity index (χ1) is 10.2. The second-order valence-electron chi connectivity index (χ2n) is 4.47. The number of benzene rings is 1. The van der Waals surface area contributed by atoms with Crippen molar-refractivity contribution in [1.82, 2.24) is 9.78 Å². The highest BCUT2D eigenvalue weighted by atomic mass is 79.9. The van der Waals surface area contributed by atoms with Gasteiger partial charge in [-0.3, -0.25) is 9.48 Å². The molecular weight excluding hydrogens is 334 g/mol. The third-order valence-electron chi connectivity index (χ3n) is 2.88. The number of hydrogen-bond acceptors (Lipinski definition) is 3. The molecule has 5 nitrogen and oxygen atoms in total. The average molecular weight is 346 g/mol. The fraction of sp³-hybridized carbons (Fsp3) is 0.0667. The summed E-state index contributed by atoms with van der Waals surface area (Å²) in [6, 6.07) is 13.3. The molecule has 1 aromatic carbocycles. The van der Waals surface area contributed by atoms with E-state index in [1.165, 1.54) is 0 Å². The maximum atomic E-state index is 11.9. The van der Waals surface area contributed by atoms with Crippen LogP contribution in [0.5, 0.6) is 0 Å². The Labute approximate surface area is 129 Å². The largest absolute Gasteiger partial charge is 0.444 e. The van der Waals surface area contributed by atoms with E-state index in [9.17, 15) is 4.79 Å². The van der Waals surface area contributed by atoms with E-state index in [0.717, 1.165) is 5.56 Å². The molecule has 0 atom stereocenters. The molecule has 0 fully saturated rings. The van der Waals surface area contributed by atoms with Crippen molar-refractivity contribution in [1.29, 1.82) is 0 Å². The first kappa shape index (κ1) is 13.6. The number of amides is 1. The van der Waals surface area contributed by atoms with Gasteiger partial charge in [0.1, 0.15) is 0 Å². The molecule has 1 N–H and O–H groups in total. The Hall–Kier alpha value is -2.34. The van der Waals surface area contributed by atoms with Crippen molar-refractivity contribution in [3.05, 3.63) is 70.9 Å². The lowest BCUT2D eigenvalue weighted by atomic mass is 10.2. The molecule has 2 aromatic heterocycles. The zero-order chi connectivity index (χ0) is 14.7. The van der Waals surface area contributed by atoms with Gasteiger partial charge in [-0.1, -0.05) is 30.3 Å². The third kappa shape index (κ3) is 3.41. The molecule has 0 radical (unpaired) electrons. The zero-order valence-electron chi connectivity index (χ0n) is 11.0. The van der Waals surface area contributed by atoms with Crippen molar-refractivity contribution in [3.8, 4) is 0 Å². The molecule has 0 aliphatic rings. The van der Waals surface area contributed by atoms with Gasteiger partial charge in [-0.2, -0.15) is 5.10 Å². The summed E-state index contributed by atoms with van der Waals surface area (Å²) in [5.74, 6) is -0.0577. The number of hydrogen-bond donors (Lipinski definition) is 1. The van der Waals surface area contributed by atoms with Crippen molar-refractivity contribution in [2.45, 2.75) is 6.54 Å². The van der Waals surface area contributed by atoms with Gasteiger partial charge in [-0.15, -0.1) is 0 Å². The molecule has 0 aliphatic carbocycles. The van der Waals surface area contributed by atoms with Crippen LogP contribution in [0.4, 0.5) is 5.69 Å². The fourth-order valence-corrected chi connectivity index (χ4v) is 2.22. The van der Waals surface area contributed by atoms with Gasteiger partial charge in [0.15, 0.2) is 10.4 Å². The average Bonchev–Trinajstić information content (AvgIpc) is 3.09. The molecule has 106 valence electrons. The highest BCUT2D eigenvalue weighted by Crippen LogP contribution is 2.16. The minimum absolute atomic E-state index is 0.248. The van der Waals surface area contributed by atoms with Crippen molar-refractivity contribution >= 4 is 27.5 Å². The van der Waals surface area contributed by atoms with Gasteiger partial charge >= 0.3 is 0 Å². The smallest absolute Gasteiger partial charge is 0.291 e. The van der Waals surface area contributed by atoms with Crippen LogP contribution < -0.4 is 5.32 Å². The van der Waals surface area contributed by atoms with Gasteiger partial charge in [-0.05, 0) is 33.6 Å². The molecule has 0 saturated heterocycles. The van der Waals surface area contributed by atoms with Crippen LogP contribution in [0, 0.1) is 0 Å². The van der Waals surface area contributed by atoms with Crippen LogP contribution in [0.3, 0.4) is 0 Å². The van der Waals surface area contributed by atoms with E-state index < -0.39 is 0 Å². The Morgan fingerprint density at radius 3 is 2.76 bits per heavy atom. The van der Waals surface area contributed by atoms with Crippen molar-refractivity contribution < 1.29 is 9.21 Å². The lowest BCUT2D eigenvalue weighted by molar-refractivity contribution is 0.0995. The number of furan rings is 1. The maximum Gasteiger partial charge on any atom is 0.291 e. The minimum atomic E-state index is -0.306. The van der Waals surface area contributed by atoms with E-state index in [0.29, 0.717) is 16.9 Å². The Balaban J connectivity index is 1.66. The Bertz CT molecular complexity index is 749. The van der Waals surface area contributed by atoms with Crippen molar-refractivity contribution in [3.63, 3.8) is 0 Å². The molecule has 1 amide bonds. The standard InChI is InChI=1S/C15H12BrN3O2/c16-14-7-6-13(21-14)15(20)18-12-8-17-19(10-12)9-11-4-2-1-3-5-11/h1-8,10H,9H2,(H,18,20). The maximum absolute atomic E-state index is 11.9. The highest BCUT2D eigenvalue weighted by molar-refractivity contribution is 9.10. The number of carbonyl (C=O) groups is 1. The normalized spacial score (nSPS) is 10.5. The molecule has 3 rings (SSSR count). The summed E-state index contributed by atoms with van der Waals surface area (Å²) in [7, 11) is 0. The molecule has 6 heteroatoms. The Morgan fingerprint density at radius 1 is 1.24 bits per heavy atom. The predicted molar refractivity (Wildman–Crippen MR) is 82.1 cm³/mol. The van der Waals surface area contributed by atoms with Crippen LogP contribution in [0.25, 0.3) is 0 Å². The molecule has 0 bridgehead atoms. The second-order valence-corrected chi connectivity index (χ2v) is 5.25. The van der Waals surface area contributed by atoms with E-state index >= 15 is 0 Å². The number of nitrogens with zero attached hydrogens (tertiary/aromatic N) is 2. The summed E-state index contributed by atoms with van der Waals surface area (Å²) >= 11 is 3.16. The summed E-state index contributed by atoms with van der Waals surface area (Å²) in [5, 5.41) is 6.97. The van der Waals surface area contributed by atoms with E-state index in [4.69, 9.17) is 4.42 Å². The van der Waals surface area contributed by atoms with Gasteiger partial charge in [0.2, 0.25) is 0 Å². The van der Waals surface area contributed by atoms with Crippen molar-refractivity contribution in [2.24, 2.45) is 0 Å². The molecule has 0 spiro atoms. The van der Waals surface area contributed by atoms with Gasteiger partial charge in [-0.25, -0.2) is 0 Å². The minimum Gasteiger partial charge on any atom is -0.444 e. The number of anilines is 1. The fourth-order valence-electron chi connectivity index (χ4n) is 1.91. The number of aromatic nitrogens is 2. The Kier molecular flexibility index (Phi) is 3.87. The molecule has 0 unspecified atom stereocenters. The topological polar surface area (TPSA) is 60.1 Å². The molecule has 0 aliphatic heterocycles. The van der Waals surface area contributed by atoms with Gasteiger partial charge < -0.3 is 9.73 Å². The van der Waals surface area contributed by atoms with Crippen LogP contribution in [0.15, 0.2) is 63.9 Å². The number of halogens is 1. The van der Waals surface area contributed by atoms with E-state index in [1.807, 2.05) is 30.3 Å². The molecule has 3 aromatic rings. The first-order valence-electron chi connectivity index (χ1n) is 6.34. The third-order valence-corrected chi connectivity index (χ3v) is 3.30. The summed E-state index contributed by atoms with van der Waals surface area (Å²) in [6.07, 6.45) is 3.39. The molecular formula is C15H12BrN3O2. The van der Waals surface area contributed by atoms with Crippen LogP contribution in [-0.4, -0.2) is 15.7 Å². The quantitative estimate of drug-likeness (QED) is 0.786. The van der Waals surface area contributed by atoms with E-state index in [2.05, 4.69) is 26.3 Å². The lowest BCUT2D eigenvalue weighted by Crippen LogP contribution is -2.10. The zero-order valence-corrected chi connectivity index (χ0v) is 12.6. The number of carbonyl (C=O) groups excluding carboxylic acids is 1. The predicted octanol–water partition coefficient (Wildman–Crippen LogP) is 3.54. The van der Waals surface area contributed by atoms with E-state index in [-0.39, 0.29) is 11.7 Å². The molecule has 0 saturated carbocycles. The SMILES string of the molecule is O=C(Nc1cnn(Cc2ccccc2)c1)c1ccc(Br)o1. The van der Waals surface area contributed by atoms with Crippen LogP contribution in [-0.2, 0) is 6.54 Å². The molecule has 2 heterocycles. The first-order valence-corrected chi connectivity index (χ1v) is 7.13. The van der Waals surface area contributed by atoms with Crippen LogP contribution in [0.2, 0.25) is 0 Å². The van der Waals surface area contributed by atoms with E-state index in [1.54, 1.807) is 29.2 Å². The summed E-state index contributed by atoms with van der Waals surface area (Å²) in [6.45, 7) is 0.656. The van der Waals surface area contributed by atoms with Crippen molar-refractivity contribution in [2.75, 3.05) is 5.32 Å². The van der Waals surface area contributed by atoms with Gasteiger partial charge in [0, 0.05) is 6.20 Å². The highest BCUT2D eigenvalue weighted by Gasteiger charge is 2.11. The number of rotatable bonds is 4. The summed E-state index contributed by atoms with van der Waals surface area (Å²) < 4.78 is 7.48. The lowest BCUT2D eigenvalue weighted by Gasteiger charge is -2.01. The second kappa shape index (κ2) is 5.97. The van der Waals surface area contributed by atoms with Gasteiger partial charge in [0.25, 0.3) is 5.91 Å². The van der Waals surface area contributed by atoms with Crippen LogP contribution >= 0.6 is 15.9 Å². The van der Waals surface area contributed by atoms with Crippen LogP contribution in [0.1, 0.15) is 16.1 Å². The van der Waals surface area contributed by atoms with Gasteiger partial charge in [0.05, 0.1) is 18.4 Å². The monoisotopic (exact) mass is 345 g/mol.